The van der Waals surface area contributed by atoms with Crippen LogP contribution < -0.4 is 5.73 Å². The van der Waals surface area contributed by atoms with Crippen LogP contribution in [0.4, 0.5) is 0 Å². The standard InChI is InChI=1S/C15H33N.Na/c1-2-3-4-5-6-7-8-9-10-11-12-13-14-15-16;/h2-16H2,1H3;. The molecule has 0 amide bonds. The SMILES string of the molecule is CCCCCCCCCCCCCCCN.[Na]. The van der Waals surface area contributed by atoms with E-state index in [1.165, 1.54) is 83.5 Å². The molecule has 0 atom stereocenters. The van der Waals surface area contributed by atoms with Crippen molar-refractivity contribution in [1.82, 2.24) is 0 Å². The van der Waals surface area contributed by atoms with Crippen molar-refractivity contribution in [3.05, 3.63) is 0 Å². The fourth-order valence-corrected chi connectivity index (χ4v) is 2.16. The Hall–Kier alpha value is 0.960. The molecule has 0 aromatic heterocycles. The van der Waals surface area contributed by atoms with Gasteiger partial charge in [0.15, 0.2) is 0 Å². The van der Waals surface area contributed by atoms with E-state index in [-0.39, 0.29) is 29.6 Å². The number of unbranched alkanes of at least 4 members (excludes halogenated alkanes) is 12. The van der Waals surface area contributed by atoms with Crippen LogP contribution in [-0.4, -0.2) is 36.1 Å². The molecule has 0 unspecified atom stereocenters. The Balaban J connectivity index is 0. The van der Waals surface area contributed by atoms with Gasteiger partial charge >= 0.3 is 0 Å². The molecule has 0 aromatic carbocycles. The molecule has 0 aromatic rings. The van der Waals surface area contributed by atoms with Gasteiger partial charge in [-0.2, -0.15) is 0 Å². The van der Waals surface area contributed by atoms with Gasteiger partial charge in [-0.3, -0.25) is 0 Å². The van der Waals surface area contributed by atoms with E-state index in [9.17, 15) is 0 Å². The molecule has 0 aliphatic heterocycles. The van der Waals surface area contributed by atoms with Crippen molar-refractivity contribution in [3.8, 4) is 0 Å². The molecular formula is C15H33NNa. The zero-order chi connectivity index (χ0) is 11.9. The van der Waals surface area contributed by atoms with Gasteiger partial charge < -0.3 is 5.73 Å². The molecule has 0 rings (SSSR count). The summed E-state index contributed by atoms with van der Waals surface area (Å²) in [6, 6.07) is 0. The molecule has 0 heterocycles. The fourth-order valence-electron chi connectivity index (χ4n) is 2.16. The Morgan fingerprint density at radius 2 is 0.824 bits per heavy atom. The van der Waals surface area contributed by atoms with Gasteiger partial charge in [-0.25, -0.2) is 0 Å². The van der Waals surface area contributed by atoms with Gasteiger partial charge in [-0.05, 0) is 13.0 Å². The first-order valence-corrected chi connectivity index (χ1v) is 7.62. The normalized spacial score (nSPS) is 10.2. The third kappa shape index (κ3) is 19.5. The van der Waals surface area contributed by atoms with E-state index in [1.54, 1.807) is 0 Å². The Morgan fingerprint density at radius 3 is 1.12 bits per heavy atom. The summed E-state index contributed by atoms with van der Waals surface area (Å²) in [6.07, 6.45) is 18.4. The number of nitrogens with two attached hydrogens (primary N) is 1. The Labute approximate surface area is 132 Å². The third-order valence-electron chi connectivity index (χ3n) is 3.31. The molecule has 0 spiro atoms. The van der Waals surface area contributed by atoms with Crippen molar-refractivity contribution in [2.45, 2.75) is 90.4 Å². The van der Waals surface area contributed by atoms with Crippen LogP contribution in [0.25, 0.3) is 0 Å². The summed E-state index contributed by atoms with van der Waals surface area (Å²) in [6.45, 7) is 3.16. The molecule has 0 saturated heterocycles. The monoisotopic (exact) mass is 250 g/mol. The van der Waals surface area contributed by atoms with Crippen LogP contribution >= 0.6 is 0 Å². The second-order valence-corrected chi connectivity index (χ2v) is 5.03. The van der Waals surface area contributed by atoms with E-state index in [4.69, 9.17) is 5.73 Å². The minimum Gasteiger partial charge on any atom is -0.330 e. The summed E-state index contributed by atoms with van der Waals surface area (Å²) in [7, 11) is 0. The maximum absolute atomic E-state index is 5.46. The van der Waals surface area contributed by atoms with Crippen molar-refractivity contribution >= 4 is 29.6 Å². The zero-order valence-corrected chi connectivity index (χ0v) is 14.5. The molecule has 1 nitrogen and oxygen atoms in total. The Morgan fingerprint density at radius 1 is 0.529 bits per heavy atom. The minimum absolute atomic E-state index is 0. The molecule has 0 bridgehead atoms. The molecule has 0 aliphatic carbocycles. The maximum atomic E-state index is 5.46. The Bertz CT molecular complexity index is 103. The molecule has 0 saturated carbocycles. The van der Waals surface area contributed by atoms with Gasteiger partial charge in [0.2, 0.25) is 0 Å². The first-order valence-electron chi connectivity index (χ1n) is 7.62. The average Bonchev–Trinajstić information content (AvgIpc) is 2.31. The van der Waals surface area contributed by atoms with Gasteiger partial charge in [0.05, 0.1) is 0 Å². The smallest absolute Gasteiger partial charge is 0 e. The molecular weight excluding hydrogens is 217 g/mol. The van der Waals surface area contributed by atoms with Gasteiger partial charge in [-0.1, -0.05) is 84.0 Å². The molecule has 17 heavy (non-hydrogen) atoms. The summed E-state index contributed by atoms with van der Waals surface area (Å²) >= 11 is 0. The van der Waals surface area contributed by atoms with Crippen molar-refractivity contribution in [1.29, 1.82) is 0 Å². The van der Waals surface area contributed by atoms with Gasteiger partial charge in [0, 0.05) is 29.6 Å². The number of hydrogen-bond acceptors (Lipinski definition) is 1. The van der Waals surface area contributed by atoms with Crippen molar-refractivity contribution in [2.24, 2.45) is 5.73 Å². The first kappa shape index (κ1) is 20.3. The van der Waals surface area contributed by atoms with E-state index in [0.29, 0.717) is 0 Å². The van der Waals surface area contributed by atoms with Crippen LogP contribution in [0.1, 0.15) is 90.4 Å². The largest absolute Gasteiger partial charge is 0.330 e. The van der Waals surface area contributed by atoms with Crippen LogP contribution in [-0.2, 0) is 0 Å². The van der Waals surface area contributed by atoms with Gasteiger partial charge in [0.25, 0.3) is 0 Å². The van der Waals surface area contributed by atoms with Gasteiger partial charge in [-0.15, -0.1) is 0 Å². The van der Waals surface area contributed by atoms with E-state index in [1.807, 2.05) is 0 Å². The molecule has 2 N–H and O–H groups in total. The first-order chi connectivity index (χ1) is 7.91. The van der Waals surface area contributed by atoms with Crippen LogP contribution in [0, 0.1) is 0 Å². The van der Waals surface area contributed by atoms with E-state index < -0.39 is 0 Å². The summed E-state index contributed by atoms with van der Waals surface area (Å²) in [5.41, 5.74) is 5.46. The fraction of sp³-hybridized carbons (Fsp3) is 1.00. The Kier molecular flexibility index (Phi) is 23.0. The van der Waals surface area contributed by atoms with E-state index in [2.05, 4.69) is 6.92 Å². The predicted molar refractivity (Wildman–Crippen MR) is 80.5 cm³/mol. The van der Waals surface area contributed by atoms with Crippen LogP contribution in [0.2, 0.25) is 0 Å². The van der Waals surface area contributed by atoms with Crippen LogP contribution in [0.3, 0.4) is 0 Å². The van der Waals surface area contributed by atoms with Crippen LogP contribution in [0.15, 0.2) is 0 Å². The molecule has 99 valence electrons. The number of hydrogen-bond donors (Lipinski definition) is 1. The predicted octanol–water partition coefficient (Wildman–Crippen LogP) is 4.66. The van der Waals surface area contributed by atoms with E-state index in [0.717, 1.165) is 6.54 Å². The third-order valence-corrected chi connectivity index (χ3v) is 3.31. The second-order valence-electron chi connectivity index (χ2n) is 5.03. The quantitative estimate of drug-likeness (QED) is 0.373. The summed E-state index contributed by atoms with van der Waals surface area (Å²) in [5.74, 6) is 0. The second kappa shape index (κ2) is 19.3. The molecule has 0 fully saturated rings. The van der Waals surface area contributed by atoms with Gasteiger partial charge in [0.1, 0.15) is 0 Å². The van der Waals surface area contributed by atoms with Crippen molar-refractivity contribution < 1.29 is 0 Å². The zero-order valence-electron chi connectivity index (χ0n) is 12.5. The number of rotatable bonds is 13. The summed E-state index contributed by atoms with van der Waals surface area (Å²) in [4.78, 5) is 0. The van der Waals surface area contributed by atoms with E-state index >= 15 is 0 Å². The topological polar surface area (TPSA) is 26.0 Å². The maximum Gasteiger partial charge on any atom is 0 e. The van der Waals surface area contributed by atoms with Crippen molar-refractivity contribution in [3.63, 3.8) is 0 Å². The minimum atomic E-state index is 0. The summed E-state index contributed by atoms with van der Waals surface area (Å²) in [5, 5.41) is 0. The van der Waals surface area contributed by atoms with Crippen molar-refractivity contribution in [2.75, 3.05) is 6.54 Å². The molecule has 0 aliphatic rings. The molecule has 1 radical (unpaired) electrons. The molecule has 2 heteroatoms. The van der Waals surface area contributed by atoms with Crippen LogP contribution in [0.5, 0.6) is 0 Å². The summed E-state index contributed by atoms with van der Waals surface area (Å²) < 4.78 is 0. The average molecular weight is 250 g/mol.